The molecule has 0 aliphatic heterocycles. The fourth-order valence-corrected chi connectivity index (χ4v) is 3.52. The van der Waals surface area contributed by atoms with Crippen molar-refractivity contribution >= 4 is 29.3 Å². The van der Waals surface area contributed by atoms with Gasteiger partial charge in [0.1, 0.15) is 10.8 Å². The summed E-state index contributed by atoms with van der Waals surface area (Å²) in [5, 5.41) is 5.29. The lowest BCUT2D eigenvalue weighted by Gasteiger charge is -2.19. The number of thioether (sulfide) groups is 1. The van der Waals surface area contributed by atoms with Gasteiger partial charge in [-0.25, -0.2) is 4.98 Å². The van der Waals surface area contributed by atoms with Crippen LogP contribution in [-0.2, 0) is 12.3 Å². The van der Waals surface area contributed by atoms with Gasteiger partial charge in [0.05, 0.1) is 11.3 Å². The highest BCUT2D eigenvalue weighted by Crippen LogP contribution is 2.25. The molecule has 1 amide bonds. The van der Waals surface area contributed by atoms with E-state index in [4.69, 9.17) is 16.1 Å². The third-order valence-electron chi connectivity index (χ3n) is 3.75. The van der Waals surface area contributed by atoms with E-state index in [1.165, 1.54) is 11.8 Å². The molecule has 7 heteroatoms. The maximum Gasteiger partial charge on any atom is 0.256 e. The van der Waals surface area contributed by atoms with Crippen LogP contribution in [-0.4, -0.2) is 28.0 Å². The molecule has 134 valence electrons. The molecule has 0 atom stereocenters. The lowest BCUT2D eigenvalue weighted by molar-refractivity contribution is 0.0781. The van der Waals surface area contributed by atoms with E-state index in [2.05, 4.69) is 10.1 Å². The Hall–Kier alpha value is -2.31. The fourth-order valence-electron chi connectivity index (χ4n) is 2.46. The van der Waals surface area contributed by atoms with Crippen LogP contribution in [0.1, 0.15) is 27.4 Å². The molecule has 2 heterocycles. The summed E-state index contributed by atoms with van der Waals surface area (Å²) >= 11 is 7.66. The molecule has 0 N–H and O–H groups in total. The van der Waals surface area contributed by atoms with Gasteiger partial charge in [-0.2, -0.15) is 0 Å². The van der Waals surface area contributed by atoms with Gasteiger partial charge in [-0.05, 0) is 30.7 Å². The molecule has 0 aliphatic rings. The molecule has 1 aromatic carbocycles. The number of hydrogen-bond acceptors (Lipinski definition) is 5. The first-order valence-electron chi connectivity index (χ1n) is 8.03. The zero-order valence-electron chi connectivity index (χ0n) is 14.5. The van der Waals surface area contributed by atoms with Crippen LogP contribution in [0.5, 0.6) is 0 Å². The standard InChI is InChI=1S/C19H18ClN3O2S/c1-13-10-15(22-25-13)12-26-18-16(7-5-9-21-18)19(24)23(2)11-14-6-3-4-8-17(14)20/h3-10H,11-12H2,1-2H3. The molecule has 2 aromatic heterocycles. The first kappa shape index (κ1) is 18.5. The predicted molar refractivity (Wildman–Crippen MR) is 102 cm³/mol. The maximum absolute atomic E-state index is 12.9. The summed E-state index contributed by atoms with van der Waals surface area (Å²) in [5.74, 6) is 1.25. The average molecular weight is 388 g/mol. The number of aromatic nitrogens is 2. The van der Waals surface area contributed by atoms with Gasteiger partial charge in [-0.15, -0.1) is 0 Å². The highest BCUT2D eigenvalue weighted by Gasteiger charge is 2.18. The number of amides is 1. The molecule has 0 spiro atoms. The van der Waals surface area contributed by atoms with Gasteiger partial charge in [0.25, 0.3) is 5.91 Å². The lowest BCUT2D eigenvalue weighted by Crippen LogP contribution is -2.27. The Bertz CT molecular complexity index is 913. The summed E-state index contributed by atoms with van der Waals surface area (Å²) in [5.41, 5.74) is 2.29. The highest BCUT2D eigenvalue weighted by atomic mass is 35.5. The monoisotopic (exact) mass is 387 g/mol. The molecular weight excluding hydrogens is 370 g/mol. The van der Waals surface area contributed by atoms with Crippen LogP contribution in [0.25, 0.3) is 0 Å². The van der Waals surface area contributed by atoms with Crippen molar-refractivity contribution in [2.75, 3.05) is 7.05 Å². The Balaban J connectivity index is 1.73. The van der Waals surface area contributed by atoms with E-state index >= 15 is 0 Å². The molecule has 0 unspecified atom stereocenters. The van der Waals surface area contributed by atoms with Crippen LogP contribution in [0, 0.1) is 6.92 Å². The topological polar surface area (TPSA) is 59.2 Å². The first-order chi connectivity index (χ1) is 12.5. The average Bonchev–Trinajstić information content (AvgIpc) is 3.07. The van der Waals surface area contributed by atoms with Crippen LogP contribution in [0.15, 0.2) is 58.2 Å². The Morgan fingerprint density at radius 2 is 2.08 bits per heavy atom. The molecule has 0 radical (unpaired) electrons. The van der Waals surface area contributed by atoms with Crippen LogP contribution < -0.4 is 0 Å². The third-order valence-corrected chi connectivity index (χ3v) is 5.15. The van der Waals surface area contributed by atoms with Crippen LogP contribution in [0.4, 0.5) is 0 Å². The first-order valence-corrected chi connectivity index (χ1v) is 9.40. The summed E-state index contributed by atoms with van der Waals surface area (Å²) in [6.07, 6.45) is 1.68. The second kappa shape index (κ2) is 8.38. The molecular formula is C19H18ClN3O2S. The number of rotatable bonds is 6. The summed E-state index contributed by atoms with van der Waals surface area (Å²) in [7, 11) is 1.76. The molecule has 0 saturated carbocycles. The second-order valence-corrected chi connectivity index (χ2v) is 7.20. The van der Waals surface area contributed by atoms with Crippen molar-refractivity contribution in [3.63, 3.8) is 0 Å². The number of carbonyl (C=O) groups excluding carboxylic acids is 1. The Kier molecular flexibility index (Phi) is 5.96. The van der Waals surface area contributed by atoms with Crippen LogP contribution in [0.2, 0.25) is 5.02 Å². The minimum absolute atomic E-state index is 0.100. The summed E-state index contributed by atoms with van der Waals surface area (Å²) in [6, 6.07) is 12.9. The van der Waals surface area contributed by atoms with Crippen molar-refractivity contribution in [1.82, 2.24) is 15.0 Å². The minimum atomic E-state index is -0.100. The van der Waals surface area contributed by atoms with Crippen LogP contribution >= 0.6 is 23.4 Å². The SMILES string of the molecule is Cc1cc(CSc2ncccc2C(=O)N(C)Cc2ccccc2Cl)no1. The Labute approximate surface area is 161 Å². The molecule has 3 aromatic rings. The quantitative estimate of drug-likeness (QED) is 0.578. The number of nitrogens with zero attached hydrogens (tertiary/aromatic N) is 3. The largest absolute Gasteiger partial charge is 0.361 e. The number of pyridine rings is 1. The van der Waals surface area contributed by atoms with E-state index in [0.717, 1.165) is 17.0 Å². The van der Waals surface area contributed by atoms with Crippen molar-refractivity contribution in [3.05, 3.63) is 76.3 Å². The van der Waals surface area contributed by atoms with E-state index in [1.807, 2.05) is 37.3 Å². The number of carbonyl (C=O) groups is 1. The minimum Gasteiger partial charge on any atom is -0.361 e. The summed E-state index contributed by atoms with van der Waals surface area (Å²) < 4.78 is 5.08. The number of aryl methyl sites for hydroxylation is 1. The second-order valence-electron chi connectivity index (χ2n) is 5.83. The van der Waals surface area contributed by atoms with Gasteiger partial charge < -0.3 is 9.42 Å². The Morgan fingerprint density at radius 3 is 2.81 bits per heavy atom. The molecule has 0 fully saturated rings. The molecule has 5 nitrogen and oxygen atoms in total. The Morgan fingerprint density at radius 1 is 1.27 bits per heavy atom. The van der Waals surface area contributed by atoms with Crippen molar-refractivity contribution in [2.24, 2.45) is 0 Å². The normalized spacial score (nSPS) is 10.7. The highest BCUT2D eigenvalue weighted by molar-refractivity contribution is 7.98. The van der Waals surface area contributed by atoms with Crippen molar-refractivity contribution in [2.45, 2.75) is 24.2 Å². The van der Waals surface area contributed by atoms with E-state index < -0.39 is 0 Å². The van der Waals surface area contributed by atoms with E-state index in [0.29, 0.717) is 27.9 Å². The zero-order chi connectivity index (χ0) is 18.5. The van der Waals surface area contributed by atoms with Crippen molar-refractivity contribution < 1.29 is 9.32 Å². The number of benzene rings is 1. The smallest absolute Gasteiger partial charge is 0.256 e. The molecule has 0 aliphatic carbocycles. The van der Waals surface area contributed by atoms with E-state index in [9.17, 15) is 4.79 Å². The predicted octanol–water partition coefficient (Wildman–Crippen LogP) is 4.60. The molecule has 0 saturated heterocycles. The summed E-state index contributed by atoms with van der Waals surface area (Å²) in [6.45, 7) is 2.28. The molecule has 3 rings (SSSR count). The molecule has 0 bridgehead atoms. The van der Waals surface area contributed by atoms with Gasteiger partial charge in [-0.3, -0.25) is 4.79 Å². The van der Waals surface area contributed by atoms with Crippen LogP contribution in [0.3, 0.4) is 0 Å². The van der Waals surface area contributed by atoms with Crippen molar-refractivity contribution in [3.8, 4) is 0 Å². The van der Waals surface area contributed by atoms with Gasteiger partial charge in [0, 0.05) is 36.6 Å². The number of halogens is 1. The lowest BCUT2D eigenvalue weighted by atomic mass is 10.2. The van der Waals surface area contributed by atoms with Gasteiger partial charge in [0.15, 0.2) is 0 Å². The summed E-state index contributed by atoms with van der Waals surface area (Å²) in [4.78, 5) is 18.9. The van der Waals surface area contributed by atoms with E-state index in [-0.39, 0.29) is 5.91 Å². The fraction of sp³-hybridized carbons (Fsp3) is 0.211. The van der Waals surface area contributed by atoms with E-state index in [1.54, 1.807) is 30.3 Å². The van der Waals surface area contributed by atoms with Gasteiger partial charge >= 0.3 is 0 Å². The van der Waals surface area contributed by atoms with Gasteiger partial charge in [-0.1, -0.05) is 46.7 Å². The number of hydrogen-bond donors (Lipinski definition) is 0. The third kappa shape index (κ3) is 4.45. The zero-order valence-corrected chi connectivity index (χ0v) is 16.0. The maximum atomic E-state index is 12.9. The van der Waals surface area contributed by atoms with Crippen molar-refractivity contribution in [1.29, 1.82) is 0 Å². The molecule has 26 heavy (non-hydrogen) atoms. The van der Waals surface area contributed by atoms with Gasteiger partial charge in [0.2, 0.25) is 0 Å².